The predicted octanol–water partition coefficient (Wildman–Crippen LogP) is -0.0607. The molecule has 1 aromatic rings. The number of nitro groups is 1. The van der Waals surface area contributed by atoms with Crippen LogP contribution in [0.4, 0.5) is 17.3 Å². The van der Waals surface area contributed by atoms with Crippen LogP contribution in [0.15, 0.2) is 12.1 Å². The second-order valence-electron chi connectivity index (χ2n) is 4.63. The van der Waals surface area contributed by atoms with Crippen molar-refractivity contribution in [2.45, 2.75) is 18.9 Å². The first-order valence-corrected chi connectivity index (χ1v) is 6.52. The quantitative estimate of drug-likeness (QED) is 0.315. The fourth-order valence-corrected chi connectivity index (χ4v) is 1.56. The summed E-state index contributed by atoms with van der Waals surface area (Å²) in [6, 6.07) is 2.74. The van der Waals surface area contributed by atoms with Gasteiger partial charge in [-0.3, -0.25) is 10.1 Å². The summed E-state index contributed by atoms with van der Waals surface area (Å²) in [4.78, 5) is 14.4. The van der Waals surface area contributed by atoms with Crippen LogP contribution in [0.3, 0.4) is 0 Å². The lowest BCUT2D eigenvalue weighted by molar-refractivity contribution is -0.384. The smallest absolute Gasteiger partial charge is 0.311 e. The molecule has 0 amide bonds. The molecular formula is C12H20N4O5. The third kappa shape index (κ3) is 4.25. The Kier molecular flexibility index (Phi) is 6.28. The molecule has 0 fully saturated rings. The number of nitrogens with zero attached hydrogens (tertiary/aromatic N) is 2. The minimum absolute atomic E-state index is 0.127. The molecule has 0 saturated carbocycles. The highest BCUT2D eigenvalue weighted by molar-refractivity contribution is 5.61. The van der Waals surface area contributed by atoms with Gasteiger partial charge in [-0.2, -0.15) is 0 Å². The van der Waals surface area contributed by atoms with E-state index in [1.807, 2.05) is 6.92 Å². The van der Waals surface area contributed by atoms with E-state index >= 15 is 0 Å². The molecule has 0 saturated heterocycles. The van der Waals surface area contributed by atoms with Crippen LogP contribution < -0.4 is 10.6 Å². The Morgan fingerprint density at radius 1 is 1.29 bits per heavy atom. The summed E-state index contributed by atoms with van der Waals surface area (Å²) in [5, 5.41) is 44.4. The van der Waals surface area contributed by atoms with Gasteiger partial charge in [0.05, 0.1) is 24.7 Å². The third-order valence-corrected chi connectivity index (χ3v) is 2.92. The van der Waals surface area contributed by atoms with E-state index in [2.05, 4.69) is 15.6 Å². The molecule has 0 aliphatic rings. The number of pyridine rings is 1. The van der Waals surface area contributed by atoms with Gasteiger partial charge in [0.25, 0.3) is 0 Å². The average molecular weight is 300 g/mol. The minimum atomic E-state index is -1.48. The highest BCUT2D eigenvalue weighted by Crippen LogP contribution is 2.26. The first-order valence-electron chi connectivity index (χ1n) is 6.52. The van der Waals surface area contributed by atoms with Gasteiger partial charge >= 0.3 is 5.69 Å². The third-order valence-electron chi connectivity index (χ3n) is 2.92. The first-order chi connectivity index (χ1) is 10.0. The van der Waals surface area contributed by atoms with Gasteiger partial charge in [-0.15, -0.1) is 0 Å². The summed E-state index contributed by atoms with van der Waals surface area (Å²) in [5.41, 5.74) is -1.79. The largest absolute Gasteiger partial charge is 0.394 e. The lowest BCUT2D eigenvalue weighted by atomic mass is 10.0. The van der Waals surface area contributed by atoms with Gasteiger partial charge in [-0.25, -0.2) is 4.98 Å². The number of aliphatic hydroxyl groups is 3. The number of nitrogens with one attached hydrogen (secondary N) is 2. The molecule has 0 aromatic carbocycles. The number of anilines is 2. The Morgan fingerprint density at radius 3 is 2.38 bits per heavy atom. The first kappa shape index (κ1) is 17.1. The van der Waals surface area contributed by atoms with E-state index in [0.29, 0.717) is 12.4 Å². The van der Waals surface area contributed by atoms with Gasteiger partial charge in [-0.05, 0) is 12.5 Å². The monoisotopic (exact) mass is 300 g/mol. The molecule has 9 nitrogen and oxygen atoms in total. The molecule has 0 bridgehead atoms. The van der Waals surface area contributed by atoms with Gasteiger partial charge in [0.15, 0.2) is 0 Å². The van der Waals surface area contributed by atoms with Gasteiger partial charge in [0.2, 0.25) is 5.82 Å². The van der Waals surface area contributed by atoms with Crippen molar-refractivity contribution in [1.29, 1.82) is 0 Å². The Balaban J connectivity index is 3.13. The summed E-state index contributed by atoms with van der Waals surface area (Å²) in [6.07, 6.45) is 0.856. The number of aromatic nitrogens is 1. The van der Waals surface area contributed by atoms with Gasteiger partial charge in [0, 0.05) is 12.6 Å². The Bertz CT molecular complexity index is 470. The number of hydrogen-bond donors (Lipinski definition) is 5. The van der Waals surface area contributed by atoms with Crippen molar-refractivity contribution in [2.75, 3.05) is 37.0 Å². The van der Waals surface area contributed by atoms with E-state index < -0.39 is 30.3 Å². The Morgan fingerprint density at radius 2 is 1.90 bits per heavy atom. The maximum Gasteiger partial charge on any atom is 0.311 e. The van der Waals surface area contributed by atoms with E-state index in [0.717, 1.165) is 6.42 Å². The van der Waals surface area contributed by atoms with Crippen LogP contribution in [0, 0.1) is 10.1 Å². The normalized spacial score (nSPS) is 11.2. The van der Waals surface area contributed by atoms with Crippen molar-refractivity contribution in [3.63, 3.8) is 0 Å². The second kappa shape index (κ2) is 7.72. The van der Waals surface area contributed by atoms with Crippen LogP contribution in [0.2, 0.25) is 0 Å². The van der Waals surface area contributed by atoms with E-state index in [4.69, 9.17) is 0 Å². The molecule has 1 rings (SSSR count). The molecule has 1 aromatic heterocycles. The highest BCUT2D eigenvalue weighted by Gasteiger charge is 2.31. The number of rotatable bonds is 9. The van der Waals surface area contributed by atoms with Crippen LogP contribution in [0.25, 0.3) is 0 Å². The second-order valence-corrected chi connectivity index (χ2v) is 4.63. The maximum atomic E-state index is 11.0. The molecule has 9 heteroatoms. The molecule has 0 aliphatic heterocycles. The molecule has 21 heavy (non-hydrogen) atoms. The topological polar surface area (TPSA) is 141 Å². The van der Waals surface area contributed by atoms with Crippen molar-refractivity contribution in [3.8, 4) is 0 Å². The average Bonchev–Trinajstić information content (AvgIpc) is 2.50. The van der Waals surface area contributed by atoms with Crippen LogP contribution in [-0.2, 0) is 0 Å². The summed E-state index contributed by atoms with van der Waals surface area (Å²) < 4.78 is 0. The molecule has 0 spiro atoms. The van der Waals surface area contributed by atoms with Gasteiger partial charge in [-0.1, -0.05) is 6.92 Å². The van der Waals surface area contributed by atoms with E-state index in [1.54, 1.807) is 0 Å². The van der Waals surface area contributed by atoms with Crippen LogP contribution >= 0.6 is 0 Å². The predicted molar refractivity (Wildman–Crippen MR) is 77.3 cm³/mol. The van der Waals surface area contributed by atoms with Gasteiger partial charge in [0.1, 0.15) is 11.4 Å². The SMILES string of the molecule is CCCNc1ccc([N+](=O)[O-])c(NC(CO)(CO)CO)n1. The van der Waals surface area contributed by atoms with Crippen LogP contribution in [0.5, 0.6) is 0 Å². The highest BCUT2D eigenvalue weighted by atomic mass is 16.6. The molecule has 118 valence electrons. The fourth-order valence-electron chi connectivity index (χ4n) is 1.56. The zero-order valence-electron chi connectivity index (χ0n) is 11.7. The molecule has 0 radical (unpaired) electrons. The number of aliphatic hydroxyl groups excluding tert-OH is 3. The fraction of sp³-hybridized carbons (Fsp3) is 0.583. The summed E-state index contributed by atoms with van der Waals surface area (Å²) >= 11 is 0. The lowest BCUT2D eigenvalue weighted by Gasteiger charge is -2.29. The van der Waals surface area contributed by atoms with Crippen molar-refractivity contribution in [2.24, 2.45) is 0 Å². The number of hydrogen-bond acceptors (Lipinski definition) is 8. The molecule has 0 aliphatic carbocycles. The summed E-state index contributed by atoms with van der Waals surface area (Å²) in [7, 11) is 0. The van der Waals surface area contributed by atoms with Crippen molar-refractivity contribution in [1.82, 2.24) is 4.98 Å². The summed E-state index contributed by atoms with van der Waals surface area (Å²) in [5.74, 6) is 0.297. The van der Waals surface area contributed by atoms with E-state index in [-0.39, 0.29) is 11.5 Å². The Hall–Kier alpha value is -1.97. The van der Waals surface area contributed by atoms with Crippen molar-refractivity contribution in [3.05, 3.63) is 22.2 Å². The zero-order chi connectivity index (χ0) is 15.9. The van der Waals surface area contributed by atoms with Gasteiger partial charge < -0.3 is 26.0 Å². The van der Waals surface area contributed by atoms with Crippen LogP contribution in [0.1, 0.15) is 13.3 Å². The minimum Gasteiger partial charge on any atom is -0.394 e. The van der Waals surface area contributed by atoms with E-state index in [1.165, 1.54) is 12.1 Å². The standard InChI is InChI=1S/C12H20N4O5/c1-2-5-13-10-4-3-9(16(20)21)11(14-10)15-12(6-17,7-18)8-19/h3-4,17-19H,2,5-8H2,1H3,(H2,13,14,15). The van der Waals surface area contributed by atoms with Crippen molar-refractivity contribution < 1.29 is 20.2 Å². The van der Waals surface area contributed by atoms with E-state index in [9.17, 15) is 25.4 Å². The summed E-state index contributed by atoms with van der Waals surface area (Å²) in [6.45, 7) is 0.795. The van der Waals surface area contributed by atoms with Crippen LogP contribution in [-0.4, -0.2) is 57.1 Å². The Labute approximate surface area is 121 Å². The molecule has 1 heterocycles. The molecule has 5 N–H and O–H groups in total. The van der Waals surface area contributed by atoms with Crippen molar-refractivity contribution >= 4 is 17.3 Å². The zero-order valence-corrected chi connectivity index (χ0v) is 11.7. The molecule has 0 atom stereocenters. The molecular weight excluding hydrogens is 280 g/mol. The maximum absolute atomic E-state index is 11.0. The molecule has 0 unspecified atom stereocenters. The lowest BCUT2D eigenvalue weighted by Crippen LogP contribution is -2.49.